The maximum atomic E-state index is 13.0. The van der Waals surface area contributed by atoms with Crippen molar-refractivity contribution in [2.75, 3.05) is 20.3 Å². The molecule has 2 saturated heterocycles. The third-order valence-corrected chi connectivity index (χ3v) is 24.7. The molecular formula is C30H50FNO2Sn. The molecule has 0 spiro atoms. The molecule has 0 aromatic heterocycles. The van der Waals surface area contributed by atoms with Gasteiger partial charge in [0.15, 0.2) is 0 Å². The van der Waals surface area contributed by atoms with E-state index in [9.17, 15) is 9.18 Å². The van der Waals surface area contributed by atoms with Crippen LogP contribution in [0.1, 0.15) is 96.5 Å². The number of piperidine rings is 1. The van der Waals surface area contributed by atoms with E-state index in [4.69, 9.17) is 4.74 Å². The topological polar surface area (TPSA) is 29.5 Å². The van der Waals surface area contributed by atoms with Gasteiger partial charge >= 0.3 is 219 Å². The first-order chi connectivity index (χ1) is 17.0. The Morgan fingerprint density at radius 2 is 1.57 bits per heavy atom. The van der Waals surface area contributed by atoms with E-state index >= 15 is 0 Å². The molecule has 2 aliphatic rings. The summed E-state index contributed by atoms with van der Waals surface area (Å²) >= 11 is -2.45. The average Bonchev–Trinajstić information content (AvgIpc) is 3.17. The number of esters is 1. The number of halogens is 1. The van der Waals surface area contributed by atoms with E-state index in [-0.39, 0.29) is 30.5 Å². The normalized spacial score (nSPS) is 24.6. The number of nitrogens with zero attached hydrogens (tertiary/aromatic N) is 1. The van der Waals surface area contributed by atoms with Gasteiger partial charge in [0.25, 0.3) is 0 Å². The van der Waals surface area contributed by atoms with Gasteiger partial charge in [0.05, 0.1) is 0 Å². The molecule has 2 bridgehead atoms. The summed E-state index contributed by atoms with van der Waals surface area (Å²) in [4.78, 5) is 15.5. The van der Waals surface area contributed by atoms with Crippen LogP contribution in [0.3, 0.4) is 0 Å². The number of hydrogen-bond acceptors (Lipinski definition) is 3. The summed E-state index contributed by atoms with van der Waals surface area (Å²) in [5.74, 6) is -0.0167. The van der Waals surface area contributed by atoms with Gasteiger partial charge in [0, 0.05) is 0 Å². The first-order valence-corrected chi connectivity index (χ1v) is 22.0. The molecule has 2 aliphatic heterocycles. The van der Waals surface area contributed by atoms with Crippen LogP contribution in [0.15, 0.2) is 24.3 Å². The molecule has 35 heavy (non-hydrogen) atoms. The van der Waals surface area contributed by atoms with Gasteiger partial charge < -0.3 is 0 Å². The minimum absolute atomic E-state index is 0.0861. The summed E-state index contributed by atoms with van der Waals surface area (Å²) < 4.78 is 24.4. The van der Waals surface area contributed by atoms with Gasteiger partial charge in [-0.05, 0) is 0 Å². The molecule has 4 atom stereocenters. The second kappa shape index (κ2) is 14.4. The second-order valence-electron chi connectivity index (χ2n) is 11.2. The van der Waals surface area contributed by atoms with E-state index in [1.54, 1.807) is 3.58 Å². The first-order valence-electron chi connectivity index (χ1n) is 14.5. The summed E-state index contributed by atoms with van der Waals surface area (Å²) in [6.45, 7) is 7.47. The van der Waals surface area contributed by atoms with Crippen molar-refractivity contribution >= 4 is 27.9 Å². The Morgan fingerprint density at radius 1 is 0.971 bits per heavy atom. The predicted molar refractivity (Wildman–Crippen MR) is 148 cm³/mol. The van der Waals surface area contributed by atoms with E-state index in [1.807, 2.05) is 0 Å². The van der Waals surface area contributed by atoms with Crippen molar-refractivity contribution in [3.8, 4) is 0 Å². The molecule has 0 N–H and O–H groups in total. The summed E-state index contributed by atoms with van der Waals surface area (Å²) in [6.07, 6.45) is 11.7. The van der Waals surface area contributed by atoms with Crippen molar-refractivity contribution in [2.45, 2.75) is 116 Å². The fourth-order valence-corrected chi connectivity index (χ4v) is 23.1. The van der Waals surface area contributed by atoms with Crippen LogP contribution < -0.4 is 3.58 Å². The SMILES string of the molecule is CCC[CH2][Sn]([CH2]CCC)([CH2]CCC)[c]1ccc(C2CC3CCC(C2C(=O)OC)N3CCCF)cc1. The standard InChI is InChI=1S/C18H23FNO2.3C4H9.Sn/c1-22-18(21)17-15(13-6-3-2-4-7-13)12-14-8-9-16(17)20(14)11-5-10-19;3*1-3-4-2;/h3-4,6-7,14-17H,5,8-12H2,1H3;3*1,3-4H2,2H3;. The minimum atomic E-state index is -2.45. The van der Waals surface area contributed by atoms with Crippen LogP contribution in [-0.4, -0.2) is 61.7 Å². The number of rotatable bonds is 15. The van der Waals surface area contributed by atoms with Crippen LogP contribution >= 0.6 is 0 Å². The Labute approximate surface area is 218 Å². The third-order valence-electron chi connectivity index (χ3n) is 9.07. The summed E-state index contributed by atoms with van der Waals surface area (Å²) in [5, 5.41) is 0. The maximum absolute atomic E-state index is 13.0. The van der Waals surface area contributed by atoms with E-state index in [2.05, 4.69) is 49.9 Å². The number of unbranched alkanes of at least 4 members (excludes halogenated alkanes) is 3. The van der Waals surface area contributed by atoms with Gasteiger partial charge in [-0.2, -0.15) is 0 Å². The first kappa shape index (κ1) is 28.9. The number of ether oxygens (including phenoxy) is 1. The number of carbonyl (C=O) groups excluding carboxylic acids is 1. The number of fused-ring (bicyclic) bond motifs is 2. The van der Waals surface area contributed by atoms with Crippen molar-refractivity contribution in [1.29, 1.82) is 0 Å². The van der Waals surface area contributed by atoms with Gasteiger partial charge in [-0.25, -0.2) is 0 Å². The fourth-order valence-electron chi connectivity index (χ4n) is 7.14. The molecule has 1 aromatic rings. The number of hydrogen-bond donors (Lipinski definition) is 0. The van der Waals surface area contributed by atoms with Crippen LogP contribution in [-0.2, 0) is 9.53 Å². The Hall–Kier alpha value is -0.621. The summed E-state index contributed by atoms with van der Waals surface area (Å²) in [5.41, 5.74) is 1.31. The van der Waals surface area contributed by atoms with Crippen molar-refractivity contribution in [1.82, 2.24) is 4.90 Å². The van der Waals surface area contributed by atoms with Gasteiger partial charge in [-0.3, -0.25) is 0 Å². The monoisotopic (exact) mass is 595 g/mol. The predicted octanol–water partition coefficient (Wildman–Crippen LogP) is 7.21. The molecule has 1 aromatic carbocycles. The van der Waals surface area contributed by atoms with Crippen LogP contribution in [0.25, 0.3) is 0 Å². The molecule has 0 aliphatic carbocycles. The Bertz CT molecular complexity index is 748. The average molecular weight is 594 g/mol. The van der Waals surface area contributed by atoms with Crippen LogP contribution in [0.2, 0.25) is 13.3 Å². The van der Waals surface area contributed by atoms with Crippen LogP contribution in [0, 0.1) is 5.92 Å². The van der Waals surface area contributed by atoms with Crippen molar-refractivity contribution in [2.24, 2.45) is 5.92 Å². The third kappa shape index (κ3) is 6.83. The zero-order chi connectivity index (χ0) is 25.3. The Morgan fingerprint density at radius 3 is 2.09 bits per heavy atom. The molecular weight excluding hydrogens is 544 g/mol. The van der Waals surface area contributed by atoms with E-state index in [1.165, 1.54) is 64.5 Å². The molecule has 5 heteroatoms. The zero-order valence-corrected chi connectivity index (χ0v) is 25.7. The van der Waals surface area contributed by atoms with Crippen LogP contribution in [0.5, 0.6) is 0 Å². The molecule has 198 valence electrons. The van der Waals surface area contributed by atoms with E-state index in [0.29, 0.717) is 12.5 Å². The quantitative estimate of drug-likeness (QED) is 0.159. The number of benzene rings is 1. The number of methoxy groups -OCH3 is 1. The molecule has 3 nitrogen and oxygen atoms in total. The second-order valence-corrected chi connectivity index (χ2v) is 24.4. The van der Waals surface area contributed by atoms with Crippen molar-refractivity contribution in [3.63, 3.8) is 0 Å². The van der Waals surface area contributed by atoms with Crippen molar-refractivity contribution in [3.05, 3.63) is 29.8 Å². The molecule has 4 unspecified atom stereocenters. The van der Waals surface area contributed by atoms with E-state index in [0.717, 1.165) is 25.8 Å². The molecule has 0 radical (unpaired) electrons. The number of alkyl halides is 1. The summed E-state index contributed by atoms with van der Waals surface area (Å²) in [6, 6.07) is 10.4. The Balaban J connectivity index is 1.89. The van der Waals surface area contributed by atoms with Gasteiger partial charge in [-0.15, -0.1) is 0 Å². The zero-order valence-electron chi connectivity index (χ0n) is 22.9. The van der Waals surface area contributed by atoms with Gasteiger partial charge in [-0.1, -0.05) is 0 Å². The van der Waals surface area contributed by atoms with E-state index < -0.39 is 18.4 Å². The van der Waals surface area contributed by atoms with Crippen LogP contribution in [0.4, 0.5) is 4.39 Å². The number of carbonyl (C=O) groups is 1. The van der Waals surface area contributed by atoms with Gasteiger partial charge in [0.1, 0.15) is 0 Å². The summed E-state index contributed by atoms with van der Waals surface area (Å²) in [7, 11) is 1.52. The molecule has 3 rings (SSSR count). The van der Waals surface area contributed by atoms with Gasteiger partial charge in [0.2, 0.25) is 0 Å². The van der Waals surface area contributed by atoms with Crippen molar-refractivity contribution < 1.29 is 13.9 Å². The fraction of sp³-hybridized carbons (Fsp3) is 0.767. The molecule has 0 amide bonds. The molecule has 2 fully saturated rings. The Kier molecular flexibility index (Phi) is 11.9. The molecule has 0 saturated carbocycles. The molecule has 2 heterocycles.